The Morgan fingerprint density at radius 3 is 1.08 bits per heavy atom. The Balaban J connectivity index is 2.43. The lowest BCUT2D eigenvalue weighted by molar-refractivity contribution is -0.0502. The monoisotopic (exact) mass is 446 g/mol. The van der Waals surface area contributed by atoms with Crippen molar-refractivity contribution >= 4 is 38.9 Å². The van der Waals surface area contributed by atoms with Crippen LogP contribution in [-0.4, -0.2) is 50.9 Å². The maximum atomic E-state index is 12.6. The minimum absolute atomic E-state index is 0.0332. The van der Waals surface area contributed by atoms with Crippen LogP contribution in [0.15, 0.2) is 0 Å². The van der Waals surface area contributed by atoms with Gasteiger partial charge in [-0.25, -0.2) is 7.26 Å². The zero-order valence-corrected chi connectivity index (χ0v) is 14.9. The summed E-state index contributed by atoms with van der Waals surface area (Å²) in [6, 6.07) is 0. The van der Waals surface area contributed by atoms with Crippen LogP contribution < -0.4 is 0 Å². The van der Waals surface area contributed by atoms with Crippen molar-refractivity contribution in [3.05, 3.63) is 0 Å². The first kappa shape index (κ1) is 20.4. The van der Waals surface area contributed by atoms with Crippen LogP contribution in [0.3, 0.4) is 0 Å². The van der Waals surface area contributed by atoms with E-state index in [0.29, 0.717) is 0 Å². The molecule has 2 fully saturated rings. The van der Waals surface area contributed by atoms with E-state index in [2.05, 4.69) is 7.26 Å². The molecule has 0 amide bonds. The molecule has 0 radical (unpaired) electrons. The number of hydrogen-bond acceptors (Lipinski definition) is 6. The van der Waals surface area contributed by atoms with E-state index in [1.54, 1.807) is 0 Å². The molecule has 0 aromatic heterocycles. The third-order valence-electron chi connectivity index (χ3n) is 3.37. The molecular formula is C8H12F6O6S4. The number of hydrogen-bond donors (Lipinski definition) is 0. The minimum atomic E-state index is -6.07. The predicted octanol–water partition coefficient (Wildman–Crippen LogP) is 2.88. The fraction of sp³-hybridized carbons (Fsp3) is 1.00. The first-order valence-corrected chi connectivity index (χ1v) is 13.3. The van der Waals surface area contributed by atoms with Gasteiger partial charge in [-0.3, -0.25) is 0 Å². The van der Waals surface area contributed by atoms with Gasteiger partial charge in [0.2, 0.25) is 0 Å². The zero-order valence-electron chi connectivity index (χ0n) is 11.6. The summed E-state index contributed by atoms with van der Waals surface area (Å²) in [6.45, 7) is 0. The van der Waals surface area contributed by atoms with Crippen molar-refractivity contribution in [3.8, 4) is 0 Å². The second kappa shape index (κ2) is 5.80. The first-order valence-electron chi connectivity index (χ1n) is 6.20. The van der Waals surface area contributed by atoms with Gasteiger partial charge >= 0.3 is 31.3 Å². The Morgan fingerprint density at radius 2 is 0.875 bits per heavy atom. The quantitative estimate of drug-likeness (QED) is 0.375. The van der Waals surface area contributed by atoms with Crippen LogP contribution in [0.25, 0.3) is 0 Å². The molecule has 0 aliphatic carbocycles. The molecule has 0 aromatic rings. The van der Waals surface area contributed by atoms with Crippen LogP contribution >= 0.6 is 18.7 Å². The van der Waals surface area contributed by atoms with Crippen molar-refractivity contribution in [1.29, 1.82) is 0 Å². The molecule has 0 atom stereocenters. The Kier molecular flexibility index (Phi) is 4.93. The largest absolute Gasteiger partial charge is 0.523 e. The smallest absolute Gasteiger partial charge is 0.203 e. The molecule has 0 saturated carbocycles. The van der Waals surface area contributed by atoms with Crippen molar-refractivity contribution in [2.24, 2.45) is 0 Å². The molecule has 146 valence electrons. The lowest BCUT2D eigenvalue weighted by atomic mass is 10.6. The van der Waals surface area contributed by atoms with Crippen molar-refractivity contribution < 1.29 is 50.4 Å². The molecule has 0 aromatic carbocycles. The molecule has 2 saturated heterocycles. The van der Waals surface area contributed by atoms with E-state index in [4.69, 9.17) is 0 Å². The Bertz CT molecular complexity index is 640. The molecule has 24 heavy (non-hydrogen) atoms. The van der Waals surface area contributed by atoms with Gasteiger partial charge in [0.15, 0.2) is 0 Å². The molecule has 16 heteroatoms. The molecule has 0 unspecified atom stereocenters. The highest BCUT2D eigenvalue weighted by Gasteiger charge is 2.63. The van der Waals surface area contributed by atoms with E-state index in [1.165, 1.54) is 0 Å². The maximum Gasteiger partial charge on any atom is 0.523 e. The lowest BCUT2D eigenvalue weighted by Gasteiger charge is -2.46. The van der Waals surface area contributed by atoms with Crippen LogP contribution in [0.5, 0.6) is 0 Å². The summed E-state index contributed by atoms with van der Waals surface area (Å²) in [7, 11) is -18.7. The predicted molar refractivity (Wildman–Crippen MR) is 76.0 cm³/mol. The van der Waals surface area contributed by atoms with Crippen LogP contribution in [0.1, 0.15) is 12.8 Å². The van der Waals surface area contributed by atoms with Gasteiger partial charge < -0.3 is 0 Å². The summed E-state index contributed by atoms with van der Waals surface area (Å²) >= 11 is 0. The normalized spacial score (nSPS) is 37.4. The molecular weight excluding hydrogens is 434 g/mol. The molecule has 0 spiro atoms. The fourth-order valence-electron chi connectivity index (χ4n) is 2.45. The summed E-state index contributed by atoms with van der Waals surface area (Å²) in [4.78, 5) is 0. The SMILES string of the molecule is O=S(=O)(OS12CCCS1(OS(=O)(=O)C(F)(F)F)CCC2)C(F)(F)F. The van der Waals surface area contributed by atoms with Gasteiger partial charge in [-0.05, 0) is 12.8 Å². The third-order valence-corrected chi connectivity index (χ3v) is 19.0. The lowest BCUT2D eigenvalue weighted by Crippen LogP contribution is -2.31. The van der Waals surface area contributed by atoms with E-state index in [9.17, 15) is 43.2 Å². The highest BCUT2D eigenvalue weighted by Crippen LogP contribution is 2.90. The van der Waals surface area contributed by atoms with Gasteiger partial charge in [0.1, 0.15) is 0 Å². The van der Waals surface area contributed by atoms with Crippen LogP contribution in [0, 0.1) is 0 Å². The van der Waals surface area contributed by atoms with E-state index in [-0.39, 0.29) is 35.9 Å². The molecule has 2 aliphatic rings. The number of halogens is 6. The van der Waals surface area contributed by atoms with Gasteiger partial charge in [0.05, 0.1) is 0 Å². The van der Waals surface area contributed by atoms with Gasteiger partial charge in [0.25, 0.3) is 0 Å². The standard InChI is InChI=1S/C8H12F6O6S4/c9-7(10,11)23(15,16)19-21-3-1-4-22(21,6-2-5-21)20-24(17,18)8(12,13)14/h1-6H2. The first-order chi connectivity index (χ1) is 10.6. The van der Waals surface area contributed by atoms with Crippen molar-refractivity contribution in [3.63, 3.8) is 0 Å². The highest BCUT2D eigenvalue weighted by molar-refractivity contribution is 9.06. The zero-order chi connectivity index (χ0) is 18.7. The summed E-state index contributed by atoms with van der Waals surface area (Å²) in [5, 5.41) is 0. The summed E-state index contributed by atoms with van der Waals surface area (Å²) in [6.07, 6.45) is 0.0663. The maximum absolute atomic E-state index is 12.6. The highest BCUT2D eigenvalue weighted by atomic mass is 33.2. The van der Waals surface area contributed by atoms with E-state index < -0.39 is 49.9 Å². The van der Waals surface area contributed by atoms with Crippen LogP contribution in [0.4, 0.5) is 26.3 Å². The third kappa shape index (κ3) is 3.24. The second-order valence-electron chi connectivity index (χ2n) is 4.95. The Hall–Kier alpha value is 0.1000. The molecule has 6 nitrogen and oxygen atoms in total. The Labute approximate surface area is 136 Å². The van der Waals surface area contributed by atoms with Crippen molar-refractivity contribution in [2.75, 3.05) is 23.0 Å². The number of fused-ring (bicyclic) bond motifs is 1. The summed E-state index contributed by atoms with van der Waals surface area (Å²) in [5.41, 5.74) is -11.5. The van der Waals surface area contributed by atoms with Crippen molar-refractivity contribution in [1.82, 2.24) is 0 Å². The van der Waals surface area contributed by atoms with Gasteiger partial charge in [-0.2, -0.15) is 43.2 Å². The Morgan fingerprint density at radius 1 is 0.625 bits per heavy atom. The fourth-order valence-corrected chi connectivity index (χ4v) is 20.1. The molecule has 0 N–H and O–H groups in total. The number of alkyl halides is 6. The molecule has 0 bridgehead atoms. The van der Waals surface area contributed by atoms with Crippen molar-refractivity contribution in [2.45, 2.75) is 23.9 Å². The van der Waals surface area contributed by atoms with E-state index in [1.807, 2.05) is 0 Å². The van der Waals surface area contributed by atoms with Gasteiger partial charge in [0, 0.05) is 23.0 Å². The molecule has 2 aliphatic heterocycles. The van der Waals surface area contributed by atoms with Gasteiger partial charge in [-0.1, -0.05) is 18.7 Å². The van der Waals surface area contributed by atoms with E-state index in [0.717, 1.165) is 0 Å². The molecule has 2 heterocycles. The average molecular weight is 446 g/mol. The average Bonchev–Trinajstić information content (AvgIpc) is 2.78. The second-order valence-corrected chi connectivity index (χ2v) is 17.0. The number of rotatable bonds is 4. The molecule has 2 rings (SSSR count). The van der Waals surface area contributed by atoms with E-state index >= 15 is 0 Å². The summed E-state index contributed by atoms with van der Waals surface area (Å²) < 4.78 is 129. The topological polar surface area (TPSA) is 86.7 Å². The van der Waals surface area contributed by atoms with Gasteiger partial charge in [-0.15, -0.1) is 0 Å². The van der Waals surface area contributed by atoms with Crippen LogP contribution in [0.2, 0.25) is 0 Å². The summed E-state index contributed by atoms with van der Waals surface area (Å²) in [5.74, 6) is -0.980. The van der Waals surface area contributed by atoms with Crippen LogP contribution in [-0.2, 0) is 27.5 Å². The minimum Gasteiger partial charge on any atom is -0.203 e.